The summed E-state index contributed by atoms with van der Waals surface area (Å²) >= 11 is 0. The van der Waals surface area contributed by atoms with Crippen LogP contribution in [0.4, 0.5) is 0 Å². The molecule has 30 heavy (non-hydrogen) atoms. The molecule has 0 unspecified atom stereocenters. The van der Waals surface area contributed by atoms with Gasteiger partial charge in [0.1, 0.15) is 0 Å². The summed E-state index contributed by atoms with van der Waals surface area (Å²) < 4.78 is 23.8. The number of likely N-dealkylation sites (tertiary alicyclic amines) is 1. The van der Waals surface area contributed by atoms with Crippen LogP contribution in [0.3, 0.4) is 0 Å². The molecular formula is C21H33IN4O3S. The molecule has 2 fully saturated rings. The van der Waals surface area contributed by atoms with E-state index >= 15 is 0 Å². The number of carbonyl (C=O) groups is 1. The van der Waals surface area contributed by atoms with Crippen LogP contribution in [0.1, 0.15) is 44.7 Å². The van der Waals surface area contributed by atoms with Gasteiger partial charge in [0.2, 0.25) is 5.91 Å². The number of aliphatic imine (C=N–C) groups is 1. The molecule has 0 bridgehead atoms. The number of amides is 1. The molecule has 9 heteroatoms. The minimum Gasteiger partial charge on any atom is -0.357 e. The summed E-state index contributed by atoms with van der Waals surface area (Å²) in [6.45, 7) is 9.23. The fraction of sp³-hybridized carbons (Fsp3) is 0.619. The predicted octanol–water partition coefficient (Wildman–Crippen LogP) is 2.40. The van der Waals surface area contributed by atoms with Crippen molar-refractivity contribution in [3.63, 3.8) is 0 Å². The molecular weight excluding hydrogens is 515 g/mol. The van der Waals surface area contributed by atoms with E-state index < -0.39 is 14.6 Å². The van der Waals surface area contributed by atoms with E-state index in [0.29, 0.717) is 32.6 Å². The van der Waals surface area contributed by atoms with Crippen LogP contribution in [0.5, 0.6) is 0 Å². The zero-order valence-corrected chi connectivity index (χ0v) is 21.2. The summed E-state index contributed by atoms with van der Waals surface area (Å²) in [6.07, 6.45) is 1.61. The Hall–Kier alpha value is -1.36. The van der Waals surface area contributed by atoms with E-state index in [0.717, 1.165) is 36.6 Å². The van der Waals surface area contributed by atoms with Gasteiger partial charge in [-0.05, 0) is 38.3 Å². The predicted molar refractivity (Wildman–Crippen MR) is 131 cm³/mol. The number of hydrogen-bond donors (Lipinski definition) is 1. The third-order valence-corrected chi connectivity index (χ3v) is 8.19. The summed E-state index contributed by atoms with van der Waals surface area (Å²) in [4.78, 5) is 20.5. The second-order valence-corrected chi connectivity index (χ2v) is 11.1. The van der Waals surface area contributed by atoms with E-state index in [-0.39, 0.29) is 35.6 Å². The lowest BCUT2D eigenvalue weighted by Crippen LogP contribution is -2.57. The van der Waals surface area contributed by atoms with Crippen molar-refractivity contribution in [1.29, 1.82) is 0 Å². The van der Waals surface area contributed by atoms with Crippen LogP contribution < -0.4 is 5.32 Å². The molecule has 0 atom stereocenters. The van der Waals surface area contributed by atoms with Crippen LogP contribution in [0, 0.1) is 0 Å². The molecule has 2 heterocycles. The van der Waals surface area contributed by atoms with Crippen LogP contribution >= 0.6 is 24.0 Å². The summed E-state index contributed by atoms with van der Waals surface area (Å²) in [5, 5.41) is 3.29. The number of hydrogen-bond acceptors (Lipinski definition) is 4. The minimum absolute atomic E-state index is 0. The Bertz CT molecular complexity index is 869. The molecule has 1 aromatic rings. The monoisotopic (exact) mass is 548 g/mol. The van der Waals surface area contributed by atoms with Crippen molar-refractivity contribution in [2.24, 2.45) is 4.99 Å². The molecule has 3 rings (SSSR count). The highest BCUT2D eigenvalue weighted by Crippen LogP contribution is 2.24. The van der Waals surface area contributed by atoms with Crippen LogP contribution in [0.25, 0.3) is 0 Å². The van der Waals surface area contributed by atoms with Crippen LogP contribution in [0.2, 0.25) is 0 Å². The quantitative estimate of drug-likeness (QED) is 0.347. The number of rotatable bonds is 5. The highest BCUT2D eigenvalue weighted by atomic mass is 127. The van der Waals surface area contributed by atoms with Gasteiger partial charge in [-0.1, -0.05) is 24.3 Å². The van der Waals surface area contributed by atoms with E-state index in [1.54, 1.807) is 13.8 Å². The van der Waals surface area contributed by atoms with Crippen molar-refractivity contribution < 1.29 is 13.2 Å². The van der Waals surface area contributed by atoms with Gasteiger partial charge in [0, 0.05) is 39.1 Å². The smallest absolute Gasteiger partial charge is 0.222 e. The van der Waals surface area contributed by atoms with E-state index in [4.69, 9.17) is 4.99 Å². The molecule has 0 saturated carbocycles. The lowest BCUT2D eigenvalue weighted by Gasteiger charge is -2.39. The first-order chi connectivity index (χ1) is 13.7. The maximum Gasteiger partial charge on any atom is 0.222 e. The fourth-order valence-electron chi connectivity index (χ4n) is 3.76. The fourth-order valence-corrected chi connectivity index (χ4v) is 5.12. The molecule has 1 amide bonds. The van der Waals surface area contributed by atoms with Gasteiger partial charge in [0.25, 0.3) is 0 Å². The third kappa shape index (κ3) is 5.87. The number of nitrogens with zero attached hydrogens (tertiary/aromatic N) is 3. The van der Waals surface area contributed by atoms with Gasteiger partial charge >= 0.3 is 0 Å². The SMILES string of the molecule is CCNC(=NCc1ccc(CN2CCCC2=O)cc1)N1CCS(=O)(=O)C(C)(C)C1.I. The molecule has 0 spiro atoms. The standard InChI is InChI=1S/C21H32N4O3S.HI/c1-4-22-20(25-12-13-29(27,28)21(2,3)16-25)23-14-17-7-9-18(10-8-17)15-24-11-5-6-19(24)26;/h7-10H,4-6,11-16H2,1-3H3,(H,22,23);1H. The molecule has 0 radical (unpaired) electrons. The summed E-state index contributed by atoms with van der Waals surface area (Å²) in [5.74, 6) is 1.14. The largest absolute Gasteiger partial charge is 0.357 e. The first kappa shape index (κ1) is 24.9. The van der Waals surface area contributed by atoms with Crippen molar-refractivity contribution >= 4 is 45.7 Å². The Labute approximate surface area is 197 Å². The van der Waals surface area contributed by atoms with Gasteiger partial charge in [-0.2, -0.15) is 0 Å². The second-order valence-electron chi connectivity index (χ2n) is 8.41. The van der Waals surface area contributed by atoms with Gasteiger partial charge in [0.15, 0.2) is 15.8 Å². The number of halogens is 1. The average molecular weight is 548 g/mol. The van der Waals surface area contributed by atoms with Gasteiger partial charge in [0.05, 0.1) is 17.0 Å². The van der Waals surface area contributed by atoms with Crippen molar-refractivity contribution in [1.82, 2.24) is 15.1 Å². The topological polar surface area (TPSA) is 82.1 Å². The Kier molecular flexibility index (Phi) is 8.55. The summed E-state index contributed by atoms with van der Waals surface area (Å²) in [6, 6.07) is 8.21. The highest BCUT2D eigenvalue weighted by Gasteiger charge is 2.40. The summed E-state index contributed by atoms with van der Waals surface area (Å²) in [7, 11) is -3.08. The first-order valence-electron chi connectivity index (χ1n) is 10.3. The normalized spacial score (nSPS) is 20.8. The molecule has 7 nitrogen and oxygen atoms in total. The maximum atomic E-state index is 12.3. The zero-order valence-electron chi connectivity index (χ0n) is 18.1. The van der Waals surface area contributed by atoms with Crippen molar-refractivity contribution in [2.45, 2.75) is 51.4 Å². The number of benzene rings is 1. The molecule has 168 valence electrons. The first-order valence-corrected chi connectivity index (χ1v) is 12.0. The van der Waals surface area contributed by atoms with Crippen LogP contribution in [0.15, 0.2) is 29.3 Å². The number of nitrogens with one attached hydrogen (secondary N) is 1. The molecule has 2 saturated heterocycles. The van der Waals surface area contributed by atoms with Gasteiger partial charge in [-0.3, -0.25) is 4.79 Å². The second kappa shape index (κ2) is 10.3. The summed E-state index contributed by atoms with van der Waals surface area (Å²) in [5.41, 5.74) is 2.21. The molecule has 1 aromatic carbocycles. The molecule has 2 aliphatic rings. The van der Waals surface area contributed by atoms with Crippen molar-refractivity contribution in [2.75, 3.05) is 31.9 Å². The van der Waals surface area contributed by atoms with E-state index in [9.17, 15) is 13.2 Å². The van der Waals surface area contributed by atoms with Crippen LogP contribution in [-0.4, -0.2) is 66.8 Å². The number of guanidine groups is 1. The lowest BCUT2D eigenvalue weighted by atomic mass is 10.1. The maximum absolute atomic E-state index is 12.3. The van der Waals surface area contributed by atoms with Gasteiger partial charge in [-0.25, -0.2) is 13.4 Å². The van der Waals surface area contributed by atoms with E-state index in [2.05, 4.69) is 17.4 Å². The van der Waals surface area contributed by atoms with Gasteiger partial charge < -0.3 is 15.1 Å². The van der Waals surface area contributed by atoms with E-state index in [1.807, 2.05) is 28.9 Å². The Morgan fingerprint density at radius 3 is 2.40 bits per heavy atom. The molecule has 0 aliphatic carbocycles. The molecule has 1 N–H and O–H groups in total. The minimum atomic E-state index is -3.08. The Morgan fingerprint density at radius 2 is 1.83 bits per heavy atom. The number of carbonyl (C=O) groups excluding carboxylic acids is 1. The Balaban J connectivity index is 0.00000320. The number of sulfone groups is 1. The third-order valence-electron chi connectivity index (χ3n) is 5.66. The van der Waals surface area contributed by atoms with Gasteiger partial charge in [-0.15, -0.1) is 24.0 Å². The Morgan fingerprint density at radius 1 is 1.17 bits per heavy atom. The van der Waals surface area contributed by atoms with Crippen molar-refractivity contribution in [3.05, 3.63) is 35.4 Å². The molecule has 0 aromatic heterocycles. The van der Waals surface area contributed by atoms with E-state index in [1.165, 1.54) is 0 Å². The zero-order chi connectivity index (χ0) is 21.1. The lowest BCUT2D eigenvalue weighted by molar-refractivity contribution is -0.128. The molecule has 2 aliphatic heterocycles. The highest BCUT2D eigenvalue weighted by molar-refractivity contribution is 14.0. The van der Waals surface area contributed by atoms with Crippen molar-refractivity contribution in [3.8, 4) is 0 Å². The van der Waals surface area contributed by atoms with Crippen LogP contribution in [-0.2, 0) is 27.7 Å². The average Bonchev–Trinajstić information content (AvgIpc) is 3.07.